The summed E-state index contributed by atoms with van der Waals surface area (Å²) < 4.78 is 26.5. The SMILES string of the molecule is Fc1cnc(N2CCC(NCC3CC3)CC2)c(F)c1. The van der Waals surface area contributed by atoms with E-state index >= 15 is 0 Å². The van der Waals surface area contributed by atoms with Crippen LogP contribution in [-0.4, -0.2) is 30.7 Å². The summed E-state index contributed by atoms with van der Waals surface area (Å²) in [7, 11) is 0. The van der Waals surface area contributed by atoms with E-state index in [1.165, 1.54) is 12.8 Å². The Morgan fingerprint density at radius 2 is 1.95 bits per heavy atom. The van der Waals surface area contributed by atoms with Gasteiger partial charge in [0.1, 0.15) is 5.82 Å². The zero-order chi connectivity index (χ0) is 13.2. The molecular weight excluding hydrogens is 248 g/mol. The summed E-state index contributed by atoms with van der Waals surface area (Å²) >= 11 is 0. The molecule has 1 aliphatic heterocycles. The smallest absolute Gasteiger partial charge is 0.168 e. The Hall–Kier alpha value is -1.23. The molecule has 19 heavy (non-hydrogen) atoms. The lowest BCUT2D eigenvalue weighted by Gasteiger charge is -2.33. The molecule has 0 amide bonds. The minimum atomic E-state index is -0.623. The normalized spacial score (nSPS) is 20.8. The van der Waals surface area contributed by atoms with Crippen LogP contribution in [0.4, 0.5) is 14.6 Å². The fourth-order valence-electron chi connectivity index (χ4n) is 2.59. The quantitative estimate of drug-likeness (QED) is 0.907. The monoisotopic (exact) mass is 267 g/mol. The minimum Gasteiger partial charge on any atom is -0.354 e. The first-order valence-corrected chi connectivity index (χ1v) is 7.02. The fraction of sp³-hybridized carbons (Fsp3) is 0.643. The number of anilines is 1. The third kappa shape index (κ3) is 3.21. The van der Waals surface area contributed by atoms with E-state index in [1.807, 2.05) is 4.90 Å². The molecule has 1 aliphatic carbocycles. The van der Waals surface area contributed by atoms with Crippen LogP contribution in [-0.2, 0) is 0 Å². The van der Waals surface area contributed by atoms with Gasteiger partial charge < -0.3 is 10.2 Å². The summed E-state index contributed by atoms with van der Waals surface area (Å²) in [6, 6.07) is 1.43. The number of halogens is 2. The summed E-state index contributed by atoms with van der Waals surface area (Å²) in [5.41, 5.74) is 0. The zero-order valence-corrected chi connectivity index (χ0v) is 10.9. The summed E-state index contributed by atoms with van der Waals surface area (Å²) in [4.78, 5) is 5.77. The van der Waals surface area contributed by atoms with E-state index in [4.69, 9.17) is 0 Å². The number of rotatable bonds is 4. The Morgan fingerprint density at radius 1 is 1.21 bits per heavy atom. The largest absolute Gasteiger partial charge is 0.354 e. The first kappa shape index (κ1) is 12.8. The third-order valence-corrected chi connectivity index (χ3v) is 3.98. The lowest BCUT2D eigenvalue weighted by molar-refractivity contribution is 0.404. The van der Waals surface area contributed by atoms with Crippen molar-refractivity contribution >= 4 is 5.82 Å². The molecule has 0 unspecified atom stereocenters. The van der Waals surface area contributed by atoms with Crippen molar-refractivity contribution in [2.45, 2.75) is 31.7 Å². The van der Waals surface area contributed by atoms with Gasteiger partial charge in [0.05, 0.1) is 6.20 Å². The molecule has 0 bridgehead atoms. The van der Waals surface area contributed by atoms with Crippen molar-refractivity contribution in [3.05, 3.63) is 23.9 Å². The Bertz CT molecular complexity index is 440. The molecule has 3 rings (SSSR count). The van der Waals surface area contributed by atoms with Crippen molar-refractivity contribution < 1.29 is 8.78 Å². The average molecular weight is 267 g/mol. The van der Waals surface area contributed by atoms with Gasteiger partial charge in [0.2, 0.25) is 0 Å². The molecule has 1 N–H and O–H groups in total. The van der Waals surface area contributed by atoms with E-state index < -0.39 is 11.6 Å². The summed E-state index contributed by atoms with van der Waals surface area (Å²) in [5.74, 6) is -0.0251. The van der Waals surface area contributed by atoms with Crippen molar-refractivity contribution in [1.82, 2.24) is 10.3 Å². The van der Waals surface area contributed by atoms with Crippen molar-refractivity contribution in [1.29, 1.82) is 0 Å². The first-order chi connectivity index (χ1) is 9.22. The molecule has 1 saturated heterocycles. The lowest BCUT2D eigenvalue weighted by atomic mass is 10.0. The van der Waals surface area contributed by atoms with Crippen LogP contribution in [0.15, 0.2) is 12.3 Å². The van der Waals surface area contributed by atoms with Crippen molar-refractivity contribution in [3.8, 4) is 0 Å². The average Bonchev–Trinajstić information content (AvgIpc) is 3.21. The Kier molecular flexibility index (Phi) is 3.64. The van der Waals surface area contributed by atoms with Gasteiger partial charge in [0.15, 0.2) is 11.6 Å². The maximum atomic E-state index is 13.6. The molecule has 0 aromatic carbocycles. The number of hydrogen-bond acceptors (Lipinski definition) is 3. The molecule has 0 atom stereocenters. The van der Waals surface area contributed by atoms with Gasteiger partial charge in [-0.2, -0.15) is 0 Å². The molecule has 0 spiro atoms. The number of nitrogens with zero attached hydrogens (tertiary/aromatic N) is 2. The standard InChI is InChI=1S/C14H19F2N3/c15-11-7-13(16)14(18-9-11)19-5-3-12(4-6-19)17-8-10-1-2-10/h7,9-10,12,17H,1-6,8H2. The highest BCUT2D eigenvalue weighted by molar-refractivity contribution is 5.40. The Balaban J connectivity index is 1.53. The molecule has 1 aromatic rings. The summed E-state index contributed by atoms with van der Waals surface area (Å²) in [6.07, 6.45) is 5.78. The Labute approximate surface area is 112 Å². The van der Waals surface area contributed by atoms with Crippen LogP contribution in [0.5, 0.6) is 0 Å². The maximum Gasteiger partial charge on any atom is 0.168 e. The molecule has 104 valence electrons. The molecule has 2 aliphatic rings. The van der Waals surface area contributed by atoms with E-state index in [0.29, 0.717) is 6.04 Å². The maximum absolute atomic E-state index is 13.6. The second-order valence-electron chi connectivity index (χ2n) is 5.57. The van der Waals surface area contributed by atoms with E-state index in [1.54, 1.807) is 0 Å². The van der Waals surface area contributed by atoms with Crippen LogP contribution in [0.1, 0.15) is 25.7 Å². The second-order valence-corrected chi connectivity index (χ2v) is 5.57. The van der Waals surface area contributed by atoms with Crippen molar-refractivity contribution in [2.75, 3.05) is 24.5 Å². The van der Waals surface area contributed by atoms with Gasteiger partial charge in [0, 0.05) is 25.2 Å². The van der Waals surface area contributed by atoms with Gasteiger partial charge in [-0.1, -0.05) is 0 Å². The van der Waals surface area contributed by atoms with Crippen molar-refractivity contribution in [2.24, 2.45) is 5.92 Å². The van der Waals surface area contributed by atoms with E-state index in [-0.39, 0.29) is 5.82 Å². The molecule has 3 nitrogen and oxygen atoms in total. The lowest BCUT2D eigenvalue weighted by Crippen LogP contribution is -2.43. The van der Waals surface area contributed by atoms with Gasteiger partial charge in [-0.15, -0.1) is 0 Å². The van der Waals surface area contributed by atoms with Gasteiger partial charge in [0.25, 0.3) is 0 Å². The van der Waals surface area contributed by atoms with Gasteiger partial charge in [-0.05, 0) is 38.1 Å². The molecule has 2 fully saturated rings. The topological polar surface area (TPSA) is 28.2 Å². The van der Waals surface area contributed by atoms with Crippen LogP contribution < -0.4 is 10.2 Å². The zero-order valence-electron chi connectivity index (χ0n) is 10.9. The van der Waals surface area contributed by atoms with Crippen LogP contribution in [0.25, 0.3) is 0 Å². The third-order valence-electron chi connectivity index (χ3n) is 3.98. The van der Waals surface area contributed by atoms with E-state index in [0.717, 1.165) is 50.7 Å². The number of hydrogen-bond donors (Lipinski definition) is 1. The minimum absolute atomic E-state index is 0.280. The van der Waals surface area contributed by atoms with E-state index in [2.05, 4.69) is 10.3 Å². The van der Waals surface area contributed by atoms with Crippen LogP contribution >= 0.6 is 0 Å². The van der Waals surface area contributed by atoms with Crippen LogP contribution in [0, 0.1) is 17.6 Å². The van der Waals surface area contributed by atoms with Crippen LogP contribution in [0.3, 0.4) is 0 Å². The van der Waals surface area contributed by atoms with Gasteiger partial charge in [-0.3, -0.25) is 0 Å². The number of pyridine rings is 1. The molecule has 0 radical (unpaired) electrons. The van der Waals surface area contributed by atoms with Crippen molar-refractivity contribution in [3.63, 3.8) is 0 Å². The summed E-state index contributed by atoms with van der Waals surface area (Å²) in [6.45, 7) is 2.67. The highest BCUT2D eigenvalue weighted by Crippen LogP contribution is 2.28. The molecular formula is C14H19F2N3. The predicted molar refractivity (Wildman–Crippen MR) is 70.1 cm³/mol. The second kappa shape index (κ2) is 5.41. The fourth-order valence-corrected chi connectivity index (χ4v) is 2.59. The van der Waals surface area contributed by atoms with Gasteiger partial charge in [-0.25, -0.2) is 13.8 Å². The number of nitrogens with one attached hydrogen (secondary N) is 1. The molecule has 1 saturated carbocycles. The first-order valence-electron chi connectivity index (χ1n) is 7.02. The highest BCUT2D eigenvalue weighted by Gasteiger charge is 2.25. The Morgan fingerprint density at radius 3 is 2.58 bits per heavy atom. The van der Waals surface area contributed by atoms with Crippen LogP contribution in [0.2, 0.25) is 0 Å². The predicted octanol–water partition coefficient (Wildman–Crippen LogP) is 2.33. The molecule has 2 heterocycles. The molecule has 1 aromatic heterocycles. The summed E-state index contributed by atoms with van der Waals surface area (Å²) in [5, 5.41) is 3.58. The number of aromatic nitrogens is 1. The number of piperidine rings is 1. The van der Waals surface area contributed by atoms with E-state index in [9.17, 15) is 8.78 Å². The van der Waals surface area contributed by atoms with Gasteiger partial charge >= 0.3 is 0 Å². The highest BCUT2D eigenvalue weighted by atomic mass is 19.1. The molecule has 5 heteroatoms.